The number of imide groups is 1. The fraction of sp³-hybridized carbons (Fsp3) is 0.250. The number of hydrogen-bond acceptors (Lipinski definition) is 5. The number of fused-ring (bicyclic) bond motifs is 1. The van der Waals surface area contributed by atoms with Crippen molar-refractivity contribution in [1.29, 1.82) is 0 Å². The fourth-order valence-electron chi connectivity index (χ4n) is 3.31. The van der Waals surface area contributed by atoms with E-state index in [0.717, 1.165) is 10.5 Å². The Morgan fingerprint density at radius 2 is 1.96 bits per heavy atom. The Kier molecular flexibility index (Phi) is 4.18. The zero-order valence-corrected chi connectivity index (χ0v) is 15.4. The van der Waals surface area contributed by atoms with Crippen molar-refractivity contribution in [2.24, 2.45) is 0 Å². The minimum Gasteiger partial charge on any atom is -0.454 e. The van der Waals surface area contributed by atoms with E-state index in [0.29, 0.717) is 22.7 Å². The van der Waals surface area contributed by atoms with E-state index in [1.54, 1.807) is 37.3 Å². The van der Waals surface area contributed by atoms with Gasteiger partial charge in [-0.25, -0.2) is 4.79 Å². The number of hydrogen-bond donors (Lipinski definition) is 2. The Morgan fingerprint density at radius 3 is 2.75 bits per heavy atom. The molecule has 4 amide bonds. The number of ether oxygens (including phenoxy) is 2. The Labute approximate surface area is 161 Å². The number of carbonyl (C=O) groups is 3. The van der Waals surface area contributed by atoms with Crippen LogP contribution in [0.3, 0.4) is 0 Å². The van der Waals surface area contributed by atoms with E-state index in [1.165, 1.54) is 0 Å². The average Bonchev–Trinajstić information content (AvgIpc) is 3.20. The molecule has 2 N–H and O–H groups in total. The van der Waals surface area contributed by atoms with Gasteiger partial charge in [-0.05, 0) is 49.2 Å². The predicted octanol–water partition coefficient (Wildman–Crippen LogP) is 2.13. The molecule has 28 heavy (non-hydrogen) atoms. The third-order valence-electron chi connectivity index (χ3n) is 4.83. The number of nitrogens with zero attached hydrogens (tertiary/aromatic N) is 1. The van der Waals surface area contributed by atoms with Crippen molar-refractivity contribution in [2.45, 2.75) is 19.4 Å². The van der Waals surface area contributed by atoms with Crippen molar-refractivity contribution in [3.05, 3.63) is 53.6 Å². The molecular formula is C20H19N3O5. The van der Waals surface area contributed by atoms with Crippen LogP contribution in [0.2, 0.25) is 0 Å². The zero-order chi connectivity index (χ0) is 19.9. The van der Waals surface area contributed by atoms with Gasteiger partial charge in [0, 0.05) is 5.69 Å². The van der Waals surface area contributed by atoms with E-state index in [-0.39, 0.29) is 13.3 Å². The molecule has 2 aromatic rings. The molecule has 8 heteroatoms. The first kappa shape index (κ1) is 17.8. The lowest BCUT2D eigenvalue weighted by molar-refractivity contribution is -0.133. The van der Waals surface area contributed by atoms with Crippen LogP contribution in [0.1, 0.15) is 18.1 Å². The number of rotatable bonds is 4. The van der Waals surface area contributed by atoms with E-state index in [4.69, 9.17) is 9.47 Å². The minimum atomic E-state index is -1.29. The second-order valence-corrected chi connectivity index (χ2v) is 6.93. The van der Waals surface area contributed by atoms with Gasteiger partial charge < -0.3 is 20.1 Å². The molecule has 0 radical (unpaired) electrons. The van der Waals surface area contributed by atoms with Crippen molar-refractivity contribution in [2.75, 3.05) is 18.7 Å². The number of anilines is 1. The van der Waals surface area contributed by atoms with Gasteiger partial charge in [-0.2, -0.15) is 0 Å². The number of urea groups is 1. The molecule has 1 fully saturated rings. The van der Waals surface area contributed by atoms with Crippen LogP contribution in [-0.4, -0.2) is 36.1 Å². The standard InChI is InChI=1S/C20H19N3O5/c1-12-4-3-5-14(8-12)21-17(24)10-23-18(25)20(2,22-19(23)26)13-6-7-15-16(9-13)28-11-27-15/h3-9H,10-11H2,1-2H3,(H,21,24)(H,22,26). The maximum atomic E-state index is 13.0. The third kappa shape index (κ3) is 3.02. The van der Waals surface area contributed by atoms with E-state index < -0.39 is 23.4 Å². The summed E-state index contributed by atoms with van der Waals surface area (Å²) in [5.74, 6) is 0.134. The van der Waals surface area contributed by atoms with Crippen molar-refractivity contribution in [1.82, 2.24) is 10.2 Å². The Morgan fingerprint density at radius 1 is 1.18 bits per heavy atom. The molecule has 0 spiro atoms. The smallest absolute Gasteiger partial charge is 0.325 e. The van der Waals surface area contributed by atoms with Gasteiger partial charge in [-0.3, -0.25) is 14.5 Å². The second kappa shape index (κ2) is 6.56. The normalized spacial score (nSPS) is 20.3. The Balaban J connectivity index is 1.51. The number of nitrogens with one attached hydrogen (secondary N) is 2. The summed E-state index contributed by atoms with van der Waals surface area (Å²) in [5, 5.41) is 5.38. The lowest BCUT2D eigenvalue weighted by Crippen LogP contribution is -2.42. The highest BCUT2D eigenvalue weighted by molar-refractivity contribution is 6.10. The summed E-state index contributed by atoms with van der Waals surface area (Å²) >= 11 is 0. The lowest BCUT2D eigenvalue weighted by atomic mass is 9.91. The van der Waals surface area contributed by atoms with E-state index in [2.05, 4.69) is 10.6 Å². The van der Waals surface area contributed by atoms with E-state index >= 15 is 0 Å². The molecule has 2 aromatic carbocycles. The van der Waals surface area contributed by atoms with Gasteiger partial charge in [-0.1, -0.05) is 18.2 Å². The summed E-state index contributed by atoms with van der Waals surface area (Å²) in [5.41, 5.74) is 0.859. The first-order valence-corrected chi connectivity index (χ1v) is 8.77. The van der Waals surface area contributed by atoms with Crippen molar-refractivity contribution >= 4 is 23.5 Å². The van der Waals surface area contributed by atoms with Crippen LogP contribution in [0.25, 0.3) is 0 Å². The van der Waals surface area contributed by atoms with Crippen molar-refractivity contribution in [3.63, 3.8) is 0 Å². The van der Waals surface area contributed by atoms with Gasteiger partial charge in [0.05, 0.1) is 0 Å². The average molecular weight is 381 g/mol. The van der Waals surface area contributed by atoms with E-state index in [9.17, 15) is 14.4 Å². The largest absolute Gasteiger partial charge is 0.454 e. The Bertz CT molecular complexity index is 990. The van der Waals surface area contributed by atoms with Crippen LogP contribution in [0, 0.1) is 6.92 Å². The van der Waals surface area contributed by atoms with Crippen molar-refractivity contribution in [3.8, 4) is 11.5 Å². The molecule has 0 bridgehead atoms. The highest BCUT2D eigenvalue weighted by atomic mass is 16.7. The van der Waals surface area contributed by atoms with Crippen LogP contribution in [0.5, 0.6) is 11.5 Å². The van der Waals surface area contributed by atoms with Crippen LogP contribution < -0.4 is 20.1 Å². The SMILES string of the molecule is Cc1cccc(NC(=O)CN2C(=O)NC(C)(c3ccc4c(c3)OCO4)C2=O)c1. The molecule has 8 nitrogen and oxygen atoms in total. The van der Waals surface area contributed by atoms with Crippen LogP contribution in [0.15, 0.2) is 42.5 Å². The number of aryl methyl sites for hydroxylation is 1. The maximum absolute atomic E-state index is 13.0. The molecule has 2 aliphatic heterocycles. The Hall–Kier alpha value is -3.55. The fourth-order valence-corrected chi connectivity index (χ4v) is 3.31. The number of carbonyl (C=O) groups excluding carboxylic acids is 3. The predicted molar refractivity (Wildman–Crippen MR) is 100.0 cm³/mol. The lowest BCUT2D eigenvalue weighted by Gasteiger charge is -2.22. The molecule has 0 saturated carbocycles. The van der Waals surface area contributed by atoms with Gasteiger partial charge in [0.2, 0.25) is 12.7 Å². The number of amides is 4. The second-order valence-electron chi connectivity index (χ2n) is 6.93. The number of benzene rings is 2. The molecule has 1 saturated heterocycles. The molecular weight excluding hydrogens is 362 g/mol. The van der Waals surface area contributed by atoms with E-state index in [1.807, 2.05) is 19.1 Å². The summed E-state index contributed by atoms with van der Waals surface area (Å²) in [6.45, 7) is 3.24. The summed E-state index contributed by atoms with van der Waals surface area (Å²) in [6.07, 6.45) is 0. The molecule has 0 aromatic heterocycles. The molecule has 1 atom stereocenters. The third-order valence-corrected chi connectivity index (χ3v) is 4.83. The quantitative estimate of drug-likeness (QED) is 0.791. The molecule has 144 valence electrons. The highest BCUT2D eigenvalue weighted by Crippen LogP contribution is 2.37. The summed E-state index contributed by atoms with van der Waals surface area (Å²) in [4.78, 5) is 38.6. The van der Waals surface area contributed by atoms with Crippen LogP contribution in [-0.2, 0) is 15.1 Å². The molecule has 1 unspecified atom stereocenters. The molecule has 0 aliphatic carbocycles. The minimum absolute atomic E-state index is 0.112. The summed E-state index contributed by atoms with van der Waals surface area (Å²) in [7, 11) is 0. The van der Waals surface area contributed by atoms with Gasteiger partial charge in [0.1, 0.15) is 12.1 Å². The zero-order valence-electron chi connectivity index (χ0n) is 15.4. The maximum Gasteiger partial charge on any atom is 0.325 e. The monoisotopic (exact) mass is 381 g/mol. The first-order chi connectivity index (χ1) is 13.4. The summed E-state index contributed by atoms with van der Waals surface area (Å²) < 4.78 is 10.6. The highest BCUT2D eigenvalue weighted by Gasteiger charge is 2.49. The topological polar surface area (TPSA) is 97.0 Å². The van der Waals surface area contributed by atoms with Crippen LogP contribution in [0.4, 0.5) is 10.5 Å². The molecule has 4 rings (SSSR count). The van der Waals surface area contributed by atoms with Crippen molar-refractivity contribution < 1.29 is 23.9 Å². The summed E-state index contributed by atoms with van der Waals surface area (Å²) in [6, 6.07) is 11.7. The molecule has 2 heterocycles. The van der Waals surface area contributed by atoms with Crippen LogP contribution >= 0.6 is 0 Å². The molecule has 2 aliphatic rings. The van der Waals surface area contributed by atoms with Gasteiger partial charge in [-0.15, -0.1) is 0 Å². The van der Waals surface area contributed by atoms with Gasteiger partial charge in [0.15, 0.2) is 11.5 Å². The van der Waals surface area contributed by atoms with Gasteiger partial charge >= 0.3 is 6.03 Å². The van der Waals surface area contributed by atoms with Gasteiger partial charge in [0.25, 0.3) is 5.91 Å². The first-order valence-electron chi connectivity index (χ1n) is 8.77.